The molecule has 0 bridgehead atoms. The zero-order chi connectivity index (χ0) is 14.7. The van der Waals surface area contributed by atoms with Crippen molar-refractivity contribution in [1.82, 2.24) is 0 Å². The fourth-order valence-corrected chi connectivity index (χ4v) is 2.52. The van der Waals surface area contributed by atoms with E-state index in [1.807, 2.05) is 19.1 Å². The van der Waals surface area contributed by atoms with E-state index in [2.05, 4.69) is 15.9 Å². The highest BCUT2D eigenvalue weighted by molar-refractivity contribution is 9.10. The predicted octanol–water partition coefficient (Wildman–Crippen LogP) is 4.35. The first-order chi connectivity index (χ1) is 9.54. The molecule has 0 heterocycles. The van der Waals surface area contributed by atoms with Crippen molar-refractivity contribution in [2.75, 3.05) is 17.2 Å². The summed E-state index contributed by atoms with van der Waals surface area (Å²) in [4.78, 5) is 14.3. The first-order valence-electron chi connectivity index (χ1n) is 6.16. The first-order valence-corrected chi connectivity index (χ1v) is 7.33. The van der Waals surface area contributed by atoms with Crippen LogP contribution in [-0.2, 0) is 0 Å². The maximum absolute atomic E-state index is 12.6. The lowest BCUT2D eigenvalue weighted by Crippen LogP contribution is -2.30. The number of hydrogen-bond acceptors (Lipinski definition) is 2. The van der Waals surface area contributed by atoms with Crippen LogP contribution in [0.2, 0.25) is 5.02 Å². The van der Waals surface area contributed by atoms with Crippen LogP contribution in [0.4, 0.5) is 11.4 Å². The average Bonchev–Trinajstić information content (AvgIpc) is 2.42. The average molecular weight is 354 g/mol. The van der Waals surface area contributed by atoms with Crippen molar-refractivity contribution in [3.8, 4) is 0 Å². The van der Waals surface area contributed by atoms with E-state index >= 15 is 0 Å². The van der Waals surface area contributed by atoms with Crippen LogP contribution in [0.25, 0.3) is 0 Å². The molecule has 0 saturated carbocycles. The number of nitrogens with two attached hydrogens (primary N) is 1. The first kappa shape index (κ1) is 14.9. The Kier molecular flexibility index (Phi) is 4.68. The molecule has 0 spiro atoms. The van der Waals surface area contributed by atoms with Gasteiger partial charge in [0.15, 0.2) is 0 Å². The topological polar surface area (TPSA) is 46.3 Å². The third kappa shape index (κ3) is 2.97. The van der Waals surface area contributed by atoms with Crippen molar-refractivity contribution in [3.05, 3.63) is 57.5 Å². The molecule has 0 unspecified atom stereocenters. The summed E-state index contributed by atoms with van der Waals surface area (Å²) in [6.45, 7) is 2.44. The Bertz CT molecular complexity index is 646. The third-order valence-corrected chi connectivity index (χ3v) is 4.22. The molecule has 2 aromatic rings. The van der Waals surface area contributed by atoms with Gasteiger partial charge in [0.05, 0.1) is 10.6 Å². The predicted molar refractivity (Wildman–Crippen MR) is 87.4 cm³/mol. The van der Waals surface area contributed by atoms with Crippen LogP contribution in [-0.4, -0.2) is 12.5 Å². The van der Waals surface area contributed by atoms with Crippen molar-refractivity contribution in [3.63, 3.8) is 0 Å². The number of rotatable bonds is 3. The molecule has 0 radical (unpaired) electrons. The van der Waals surface area contributed by atoms with Crippen LogP contribution >= 0.6 is 27.5 Å². The number of nitrogens with zero attached hydrogens (tertiary/aromatic N) is 1. The lowest BCUT2D eigenvalue weighted by atomic mass is 10.1. The zero-order valence-corrected chi connectivity index (χ0v) is 13.3. The molecular weight excluding hydrogens is 340 g/mol. The lowest BCUT2D eigenvalue weighted by molar-refractivity contribution is 0.0988. The van der Waals surface area contributed by atoms with Gasteiger partial charge in [-0.2, -0.15) is 0 Å². The molecule has 0 aliphatic rings. The van der Waals surface area contributed by atoms with Gasteiger partial charge in [0.1, 0.15) is 0 Å². The van der Waals surface area contributed by atoms with Crippen molar-refractivity contribution < 1.29 is 4.79 Å². The summed E-state index contributed by atoms with van der Waals surface area (Å²) in [6.07, 6.45) is 0. The molecule has 0 aromatic heterocycles. The molecule has 2 N–H and O–H groups in total. The number of anilines is 2. The molecule has 20 heavy (non-hydrogen) atoms. The molecule has 3 nitrogen and oxygen atoms in total. The molecule has 2 rings (SSSR count). The van der Waals surface area contributed by atoms with Gasteiger partial charge >= 0.3 is 0 Å². The highest BCUT2D eigenvalue weighted by atomic mass is 79.9. The number of hydrogen-bond donors (Lipinski definition) is 1. The van der Waals surface area contributed by atoms with Crippen LogP contribution in [0.1, 0.15) is 17.3 Å². The highest BCUT2D eigenvalue weighted by Crippen LogP contribution is 2.28. The van der Waals surface area contributed by atoms with Gasteiger partial charge in [-0.25, -0.2) is 0 Å². The van der Waals surface area contributed by atoms with E-state index in [-0.39, 0.29) is 5.91 Å². The summed E-state index contributed by atoms with van der Waals surface area (Å²) in [7, 11) is 0. The Balaban J connectivity index is 2.42. The molecule has 2 aromatic carbocycles. The van der Waals surface area contributed by atoms with E-state index < -0.39 is 0 Å². The van der Waals surface area contributed by atoms with E-state index in [1.165, 1.54) is 0 Å². The second kappa shape index (κ2) is 6.29. The van der Waals surface area contributed by atoms with Crippen molar-refractivity contribution >= 4 is 44.8 Å². The van der Waals surface area contributed by atoms with E-state index in [4.69, 9.17) is 17.3 Å². The van der Waals surface area contributed by atoms with E-state index in [9.17, 15) is 4.79 Å². The second-order valence-electron chi connectivity index (χ2n) is 4.25. The number of benzene rings is 2. The summed E-state index contributed by atoms with van der Waals surface area (Å²) in [5, 5.41) is 0.417. The van der Waals surface area contributed by atoms with Gasteiger partial charge < -0.3 is 10.6 Å². The molecule has 0 saturated heterocycles. The van der Waals surface area contributed by atoms with E-state index in [1.54, 1.807) is 35.2 Å². The highest BCUT2D eigenvalue weighted by Gasteiger charge is 2.19. The van der Waals surface area contributed by atoms with Crippen LogP contribution in [0.5, 0.6) is 0 Å². The lowest BCUT2D eigenvalue weighted by Gasteiger charge is -2.22. The van der Waals surface area contributed by atoms with Gasteiger partial charge in [0, 0.05) is 22.4 Å². The minimum atomic E-state index is -0.149. The summed E-state index contributed by atoms with van der Waals surface area (Å²) in [6, 6.07) is 12.5. The van der Waals surface area contributed by atoms with Crippen molar-refractivity contribution in [1.29, 1.82) is 0 Å². The van der Waals surface area contributed by atoms with Crippen LogP contribution in [0.3, 0.4) is 0 Å². The summed E-state index contributed by atoms with van der Waals surface area (Å²) >= 11 is 9.52. The SMILES string of the molecule is CCN(C(=O)c1cccc(Br)c1Cl)c1cccc(N)c1. The van der Waals surface area contributed by atoms with Crippen LogP contribution in [0.15, 0.2) is 46.9 Å². The molecule has 5 heteroatoms. The Morgan fingerprint density at radius 2 is 2.00 bits per heavy atom. The van der Waals surface area contributed by atoms with Crippen molar-refractivity contribution in [2.24, 2.45) is 0 Å². The molecule has 0 fully saturated rings. The van der Waals surface area contributed by atoms with Gasteiger partial charge in [0.2, 0.25) is 0 Å². The number of nitrogen functional groups attached to an aromatic ring is 1. The standard InChI is InChI=1S/C15H14BrClN2O/c1-2-19(11-6-3-5-10(18)9-11)15(20)12-7-4-8-13(16)14(12)17/h3-9H,2,18H2,1H3. The van der Waals surface area contributed by atoms with E-state index in [0.717, 1.165) is 5.69 Å². The number of amides is 1. The Morgan fingerprint density at radius 1 is 1.30 bits per heavy atom. The number of carbonyl (C=O) groups excluding carboxylic acids is 1. The fraction of sp³-hybridized carbons (Fsp3) is 0.133. The maximum Gasteiger partial charge on any atom is 0.259 e. The minimum Gasteiger partial charge on any atom is -0.399 e. The van der Waals surface area contributed by atoms with Crippen LogP contribution in [0, 0.1) is 0 Å². The fourth-order valence-electron chi connectivity index (χ4n) is 1.95. The van der Waals surface area contributed by atoms with Gasteiger partial charge in [-0.3, -0.25) is 4.79 Å². The van der Waals surface area contributed by atoms with Gasteiger partial charge in [-0.15, -0.1) is 0 Å². The van der Waals surface area contributed by atoms with Gasteiger partial charge in [0.25, 0.3) is 5.91 Å². The Morgan fingerprint density at radius 3 is 2.65 bits per heavy atom. The monoisotopic (exact) mass is 352 g/mol. The number of halogens is 2. The molecule has 104 valence electrons. The summed E-state index contributed by atoms with van der Waals surface area (Å²) in [5.74, 6) is -0.149. The van der Waals surface area contributed by atoms with Gasteiger partial charge in [-0.1, -0.05) is 23.7 Å². The third-order valence-electron chi connectivity index (χ3n) is 2.93. The summed E-state index contributed by atoms with van der Waals surface area (Å²) < 4.78 is 0.702. The normalized spacial score (nSPS) is 10.3. The molecule has 0 atom stereocenters. The Labute approximate surface area is 131 Å². The zero-order valence-electron chi connectivity index (χ0n) is 10.9. The maximum atomic E-state index is 12.6. The van der Waals surface area contributed by atoms with Gasteiger partial charge in [-0.05, 0) is 53.2 Å². The minimum absolute atomic E-state index is 0.149. The molecular formula is C15H14BrClN2O. The quantitative estimate of drug-likeness (QED) is 0.834. The largest absolute Gasteiger partial charge is 0.399 e. The smallest absolute Gasteiger partial charge is 0.259 e. The molecule has 1 amide bonds. The number of carbonyl (C=O) groups is 1. The second-order valence-corrected chi connectivity index (χ2v) is 5.48. The van der Waals surface area contributed by atoms with Crippen molar-refractivity contribution in [2.45, 2.75) is 6.92 Å². The molecule has 0 aliphatic heterocycles. The van der Waals surface area contributed by atoms with E-state index in [0.29, 0.717) is 27.3 Å². The van der Waals surface area contributed by atoms with Crippen LogP contribution < -0.4 is 10.6 Å². The molecule has 0 aliphatic carbocycles. The summed E-state index contributed by atoms with van der Waals surface area (Å²) in [5.41, 5.74) is 7.61. The Hall–Kier alpha value is -1.52.